The lowest BCUT2D eigenvalue weighted by Crippen LogP contribution is -2.44. The minimum atomic E-state index is -0.740. The van der Waals surface area contributed by atoms with Crippen LogP contribution in [-0.2, 0) is 4.79 Å². The van der Waals surface area contributed by atoms with Gasteiger partial charge in [0, 0.05) is 23.9 Å². The second-order valence-corrected chi connectivity index (χ2v) is 12.0. The summed E-state index contributed by atoms with van der Waals surface area (Å²) in [6, 6.07) is 11.4. The van der Waals surface area contributed by atoms with Crippen molar-refractivity contribution in [1.82, 2.24) is 9.88 Å². The number of piperidine rings is 1. The third-order valence-electron chi connectivity index (χ3n) is 6.72. The fourth-order valence-electron chi connectivity index (χ4n) is 4.82. The van der Waals surface area contributed by atoms with Crippen LogP contribution < -0.4 is 4.74 Å². The van der Waals surface area contributed by atoms with Crippen LogP contribution in [0.25, 0.3) is 10.9 Å². The number of thioether (sulfide) groups is 1. The average Bonchev–Trinajstić information content (AvgIpc) is 3.29. The van der Waals surface area contributed by atoms with E-state index in [0.29, 0.717) is 19.4 Å². The highest BCUT2D eigenvalue weighted by Gasteiger charge is 2.34. The zero-order valence-electron chi connectivity index (χ0n) is 19.7. The number of halogens is 1. The summed E-state index contributed by atoms with van der Waals surface area (Å²) in [7, 11) is 1.62. The molecule has 0 bridgehead atoms. The number of fused-ring (bicyclic) bond motifs is 1. The van der Waals surface area contributed by atoms with Crippen LogP contribution in [-0.4, -0.2) is 58.6 Å². The third kappa shape index (κ3) is 6.89. The molecule has 2 aromatic heterocycles. The molecule has 2 N–H and O–H groups in total. The maximum Gasteiger partial charge on any atom is 0.308 e. The smallest absolute Gasteiger partial charge is 0.308 e. The van der Waals surface area contributed by atoms with Crippen molar-refractivity contribution in [2.45, 2.75) is 36.0 Å². The van der Waals surface area contributed by atoms with E-state index in [1.54, 1.807) is 36.4 Å². The Balaban J connectivity index is 1.30. The van der Waals surface area contributed by atoms with Gasteiger partial charge in [-0.25, -0.2) is 0 Å². The molecule has 4 rings (SSSR count). The number of thiophene rings is 1. The van der Waals surface area contributed by atoms with Gasteiger partial charge in [-0.3, -0.25) is 9.78 Å². The average molecular weight is 535 g/mol. The number of carboxylic acid groups (broad SMARTS) is 1. The van der Waals surface area contributed by atoms with Gasteiger partial charge >= 0.3 is 5.97 Å². The first-order valence-electron chi connectivity index (χ1n) is 11.9. The first-order chi connectivity index (χ1) is 16.9. The molecule has 1 unspecified atom stereocenters. The van der Waals surface area contributed by atoms with Crippen molar-refractivity contribution in [3.63, 3.8) is 0 Å². The van der Waals surface area contributed by atoms with Crippen LogP contribution in [0.4, 0.5) is 0 Å². The van der Waals surface area contributed by atoms with Crippen molar-refractivity contribution in [3.05, 3.63) is 52.5 Å². The Hall–Kier alpha value is -1.84. The highest BCUT2D eigenvalue weighted by Crippen LogP contribution is 2.34. The van der Waals surface area contributed by atoms with Gasteiger partial charge in [0.05, 0.1) is 33.2 Å². The molecule has 6 nitrogen and oxygen atoms in total. The second-order valence-electron chi connectivity index (χ2n) is 8.93. The normalized spacial score (nSPS) is 19.6. The first-order valence-corrected chi connectivity index (χ1v) is 14.1. The molecule has 0 aliphatic carbocycles. The molecule has 1 fully saturated rings. The van der Waals surface area contributed by atoms with Crippen molar-refractivity contribution >= 4 is 51.6 Å². The largest absolute Gasteiger partial charge is 0.497 e. The minimum Gasteiger partial charge on any atom is -0.497 e. The van der Waals surface area contributed by atoms with Crippen molar-refractivity contribution in [2.24, 2.45) is 11.8 Å². The second kappa shape index (κ2) is 12.4. The predicted octanol–water partition coefficient (Wildman–Crippen LogP) is 5.98. The molecule has 0 radical (unpaired) electrons. The predicted molar refractivity (Wildman–Crippen MR) is 143 cm³/mol. The van der Waals surface area contributed by atoms with Crippen LogP contribution in [0.3, 0.4) is 0 Å². The van der Waals surface area contributed by atoms with Crippen LogP contribution in [0.2, 0.25) is 4.34 Å². The van der Waals surface area contributed by atoms with E-state index in [2.05, 4.69) is 9.88 Å². The molecule has 3 atom stereocenters. The standard InChI is InChI=1S/C26H31ClN2O4S2/c1-33-18-4-5-22-20(15-18)19(9-11-28-22)23(30)6-3-17-10-13-29(16-21(17)26(31)32)12-2-14-34-25-8-7-24(27)35-25/h4-5,7-9,11,15,17,21,23,30H,2-3,6,10,12-14,16H2,1H3,(H,31,32)/t17-,21+,23?/m1/s1. The molecule has 0 spiro atoms. The van der Waals surface area contributed by atoms with E-state index >= 15 is 0 Å². The molecule has 1 saturated heterocycles. The number of benzene rings is 1. The minimum absolute atomic E-state index is 0.0590. The zero-order valence-corrected chi connectivity index (χ0v) is 22.1. The Kier molecular flexibility index (Phi) is 9.30. The third-order valence-corrected chi connectivity index (χ3v) is 9.26. The van der Waals surface area contributed by atoms with Gasteiger partial charge in [-0.05, 0) is 86.7 Å². The van der Waals surface area contributed by atoms with E-state index < -0.39 is 18.0 Å². The lowest BCUT2D eigenvalue weighted by molar-refractivity contribution is -0.146. The number of likely N-dealkylation sites (tertiary alicyclic amines) is 1. The summed E-state index contributed by atoms with van der Waals surface area (Å²) >= 11 is 9.38. The van der Waals surface area contributed by atoms with E-state index in [1.807, 2.05) is 36.4 Å². The number of pyridine rings is 1. The van der Waals surface area contributed by atoms with Gasteiger partial charge in [0.1, 0.15) is 5.75 Å². The molecule has 1 aliphatic rings. The number of aromatic nitrogens is 1. The van der Waals surface area contributed by atoms with Crippen LogP contribution in [0.5, 0.6) is 5.75 Å². The first kappa shape index (κ1) is 26.2. The summed E-state index contributed by atoms with van der Waals surface area (Å²) in [6.45, 7) is 2.37. The molecule has 35 heavy (non-hydrogen) atoms. The summed E-state index contributed by atoms with van der Waals surface area (Å²) in [6.07, 6.45) is 4.07. The Bertz CT molecular complexity index is 1140. The summed E-state index contributed by atoms with van der Waals surface area (Å²) in [5, 5.41) is 21.8. The quantitative estimate of drug-likeness (QED) is 0.231. The lowest BCUT2D eigenvalue weighted by atomic mass is 9.81. The van der Waals surface area contributed by atoms with Crippen LogP contribution >= 0.6 is 34.7 Å². The van der Waals surface area contributed by atoms with E-state index in [9.17, 15) is 15.0 Å². The van der Waals surface area contributed by atoms with E-state index in [4.69, 9.17) is 16.3 Å². The molecule has 9 heteroatoms. The van der Waals surface area contributed by atoms with Crippen molar-refractivity contribution in [3.8, 4) is 5.75 Å². The maximum atomic E-state index is 12.1. The van der Waals surface area contributed by atoms with Gasteiger partial charge in [-0.15, -0.1) is 23.1 Å². The number of aliphatic hydroxyl groups excluding tert-OH is 1. The van der Waals surface area contributed by atoms with Crippen LogP contribution in [0, 0.1) is 11.8 Å². The van der Waals surface area contributed by atoms with Gasteiger partial charge in [0.25, 0.3) is 0 Å². The molecule has 0 saturated carbocycles. The van der Waals surface area contributed by atoms with E-state index in [0.717, 1.165) is 58.2 Å². The molecule has 188 valence electrons. The van der Waals surface area contributed by atoms with Crippen LogP contribution in [0.1, 0.15) is 37.4 Å². The van der Waals surface area contributed by atoms with Crippen molar-refractivity contribution in [2.75, 3.05) is 32.5 Å². The number of rotatable bonds is 11. The Morgan fingerprint density at radius 2 is 2.20 bits per heavy atom. The van der Waals surface area contributed by atoms with Crippen LogP contribution in [0.15, 0.2) is 46.8 Å². The number of carbonyl (C=O) groups is 1. The Morgan fingerprint density at radius 3 is 2.94 bits per heavy atom. The number of aliphatic carboxylic acids is 1. The molecule has 1 aliphatic heterocycles. The van der Waals surface area contributed by atoms with Gasteiger partial charge in [-0.2, -0.15) is 0 Å². The number of hydrogen-bond acceptors (Lipinski definition) is 7. The molecule has 1 aromatic carbocycles. The fourth-order valence-corrected chi connectivity index (χ4v) is 7.13. The van der Waals surface area contributed by atoms with Gasteiger partial charge in [-0.1, -0.05) is 11.6 Å². The number of carboxylic acids is 1. The van der Waals surface area contributed by atoms with E-state index in [-0.39, 0.29) is 5.92 Å². The fraction of sp³-hybridized carbons (Fsp3) is 0.462. The lowest BCUT2D eigenvalue weighted by Gasteiger charge is -2.37. The maximum absolute atomic E-state index is 12.1. The summed E-state index contributed by atoms with van der Waals surface area (Å²) in [4.78, 5) is 18.7. The van der Waals surface area contributed by atoms with Gasteiger partial charge < -0.3 is 19.8 Å². The molecule has 3 heterocycles. The highest BCUT2D eigenvalue weighted by molar-refractivity contribution is 8.01. The van der Waals surface area contributed by atoms with Gasteiger partial charge in [0.2, 0.25) is 0 Å². The summed E-state index contributed by atoms with van der Waals surface area (Å²) < 4.78 is 7.36. The molecular weight excluding hydrogens is 504 g/mol. The SMILES string of the molecule is COc1ccc2nccc(C(O)CC[C@@H]3CCN(CCCSc4ccc(Cl)s4)C[C@@H]3C(=O)O)c2c1. The highest BCUT2D eigenvalue weighted by atomic mass is 35.5. The Labute approximate surface area is 219 Å². The number of nitrogens with zero attached hydrogens (tertiary/aromatic N) is 2. The number of hydrogen-bond donors (Lipinski definition) is 2. The van der Waals surface area contributed by atoms with E-state index in [1.165, 1.54) is 4.21 Å². The molecule has 0 amide bonds. The molecular formula is C26H31ClN2O4S2. The number of aliphatic hydroxyl groups is 1. The van der Waals surface area contributed by atoms with Gasteiger partial charge in [0.15, 0.2) is 0 Å². The summed E-state index contributed by atoms with van der Waals surface area (Å²) in [5.74, 6) is 0.620. The Morgan fingerprint density at radius 1 is 1.34 bits per heavy atom. The number of ether oxygens (including phenoxy) is 1. The monoisotopic (exact) mass is 534 g/mol. The number of methoxy groups -OCH3 is 1. The molecule has 3 aromatic rings. The summed E-state index contributed by atoms with van der Waals surface area (Å²) in [5.41, 5.74) is 1.61. The van der Waals surface area contributed by atoms with Crippen molar-refractivity contribution < 1.29 is 19.7 Å². The topological polar surface area (TPSA) is 82.9 Å². The zero-order chi connectivity index (χ0) is 24.8. The van der Waals surface area contributed by atoms with Crippen molar-refractivity contribution in [1.29, 1.82) is 0 Å².